The van der Waals surface area contributed by atoms with Gasteiger partial charge in [-0.1, -0.05) is 276 Å². The van der Waals surface area contributed by atoms with E-state index in [9.17, 15) is 0 Å². The Hall–Kier alpha value is -11.2. The lowest BCUT2D eigenvalue weighted by Crippen LogP contribution is -2.13. The molecule has 0 bridgehead atoms. The third kappa shape index (κ3) is 11.3. The number of hydrogen-bond donors (Lipinski definition) is 1. The Morgan fingerprint density at radius 2 is 0.557 bits per heavy atom. The highest BCUT2D eigenvalue weighted by Crippen LogP contribution is 2.45. The van der Waals surface area contributed by atoms with Crippen LogP contribution in [0.1, 0.15) is 52.7 Å². The van der Waals surface area contributed by atoms with E-state index in [2.05, 4.69) is 398 Å². The summed E-state index contributed by atoms with van der Waals surface area (Å²) in [4.78, 5) is 2.42. The second kappa shape index (κ2) is 24.8. The Bertz CT molecular complexity index is 5920. The van der Waals surface area contributed by atoms with Gasteiger partial charge in [-0.25, -0.2) is 0 Å². The third-order valence-electron chi connectivity index (χ3n) is 19.3. The molecule has 5 heteroatoms. The molecule has 2 aromatic heterocycles. The highest BCUT2D eigenvalue weighted by Gasteiger charge is 2.22. The molecule has 0 spiro atoms. The molecule has 0 saturated carbocycles. The molecule has 0 fully saturated rings. The maximum absolute atomic E-state index is 3.59. The number of aromatic nitrogens is 2. The van der Waals surface area contributed by atoms with Crippen LogP contribution in [-0.2, 0) is 10.8 Å². The van der Waals surface area contributed by atoms with Crippen molar-refractivity contribution in [2.75, 3.05) is 10.2 Å². The highest BCUT2D eigenvalue weighted by molar-refractivity contribution is 9.10. The minimum Gasteiger partial charge on any atom is -0.356 e. The van der Waals surface area contributed by atoms with Crippen molar-refractivity contribution < 1.29 is 0 Å². The van der Waals surface area contributed by atoms with Crippen LogP contribution in [0.3, 0.4) is 0 Å². The van der Waals surface area contributed by atoms with Crippen LogP contribution in [0.2, 0.25) is 0 Å². The first kappa shape index (κ1) is 60.7. The summed E-state index contributed by atoms with van der Waals surface area (Å²) in [6.07, 6.45) is 0. The molecule has 18 rings (SSSR count). The fourth-order valence-electron chi connectivity index (χ4n) is 14.6. The summed E-state index contributed by atoms with van der Waals surface area (Å²) >= 11 is 3.58. The van der Waals surface area contributed by atoms with E-state index in [1.807, 2.05) is 6.07 Å². The normalized spacial score (nSPS) is 11.9. The Labute approximate surface area is 575 Å². The van der Waals surface area contributed by atoms with Crippen molar-refractivity contribution in [2.24, 2.45) is 0 Å². The molecule has 0 saturated heterocycles. The zero-order chi connectivity index (χ0) is 65.9. The zero-order valence-electron chi connectivity index (χ0n) is 55.4. The lowest BCUT2D eigenvalue weighted by molar-refractivity contribution is 0.590. The number of nitrogens with zero attached hydrogens (tertiary/aromatic N) is 3. The van der Waals surface area contributed by atoms with Gasteiger partial charge in [-0.05, 0) is 196 Å². The Kier molecular flexibility index (Phi) is 15.5. The van der Waals surface area contributed by atoms with E-state index >= 15 is 0 Å². The van der Waals surface area contributed by atoms with Crippen LogP contribution in [0.25, 0.3) is 120 Å². The van der Waals surface area contributed by atoms with Crippen LogP contribution in [0.15, 0.2) is 332 Å². The third-order valence-corrected chi connectivity index (χ3v) is 19.8. The fraction of sp³-hybridized carbons (Fsp3) is 0.0870. The number of para-hydroxylation sites is 4. The van der Waals surface area contributed by atoms with Crippen molar-refractivity contribution in [3.05, 3.63) is 343 Å². The average molecular weight is 1310 g/mol. The van der Waals surface area contributed by atoms with Crippen LogP contribution >= 0.6 is 15.9 Å². The molecule has 0 amide bonds. The lowest BCUT2D eigenvalue weighted by Gasteiger charge is -2.28. The molecule has 18 aromatic rings. The maximum Gasteiger partial charge on any atom is 0.0561 e. The van der Waals surface area contributed by atoms with Crippen LogP contribution in [0, 0.1) is 0 Å². The topological polar surface area (TPSA) is 25.1 Å². The van der Waals surface area contributed by atoms with E-state index in [1.54, 1.807) is 0 Å². The molecule has 0 aliphatic rings. The second-order valence-electron chi connectivity index (χ2n) is 27.5. The quantitative estimate of drug-likeness (QED) is 0.161. The molecule has 0 radical (unpaired) electrons. The molecule has 0 aliphatic carbocycles. The number of hydrogen-bond acceptors (Lipinski definition) is 2. The first-order valence-electron chi connectivity index (χ1n) is 33.6. The summed E-state index contributed by atoms with van der Waals surface area (Å²) in [5.74, 6) is 0. The largest absolute Gasteiger partial charge is 0.356 e. The number of halogens is 1. The molecule has 16 aromatic carbocycles. The zero-order valence-corrected chi connectivity index (χ0v) is 57.0. The van der Waals surface area contributed by atoms with Crippen LogP contribution < -0.4 is 10.2 Å². The minimum atomic E-state index is 0.0712. The van der Waals surface area contributed by atoms with Crippen LogP contribution in [0.4, 0.5) is 28.4 Å². The fourth-order valence-corrected chi connectivity index (χ4v) is 14.9. The number of nitrogens with one attached hydrogen (secondary N) is 1. The van der Waals surface area contributed by atoms with Crippen molar-refractivity contribution in [1.82, 2.24) is 9.13 Å². The second-order valence-corrected chi connectivity index (χ2v) is 28.4. The first-order chi connectivity index (χ1) is 47.3. The summed E-state index contributed by atoms with van der Waals surface area (Å²) in [6.45, 7) is 13.6. The summed E-state index contributed by atoms with van der Waals surface area (Å²) < 4.78 is 5.81. The Balaban J connectivity index is 0.000000127. The minimum absolute atomic E-state index is 0.0712. The molecule has 0 aliphatic heterocycles. The molecular weight excluding hydrogens is 1240 g/mol. The summed E-state index contributed by atoms with van der Waals surface area (Å²) in [6, 6.07) is 118. The number of benzene rings is 16. The monoisotopic (exact) mass is 1310 g/mol. The summed E-state index contributed by atoms with van der Waals surface area (Å²) in [5.41, 5.74) is 15.7. The van der Waals surface area contributed by atoms with Crippen LogP contribution in [0.5, 0.6) is 0 Å². The van der Waals surface area contributed by atoms with Gasteiger partial charge in [0.25, 0.3) is 0 Å². The Morgan fingerprint density at radius 3 is 1.01 bits per heavy atom. The van der Waals surface area contributed by atoms with Gasteiger partial charge in [-0.15, -0.1) is 0 Å². The first-order valence-corrected chi connectivity index (χ1v) is 34.4. The van der Waals surface area contributed by atoms with Gasteiger partial charge in [0.05, 0.1) is 22.1 Å². The van der Waals surface area contributed by atoms with E-state index in [1.165, 1.54) is 125 Å². The predicted molar refractivity (Wildman–Crippen MR) is 423 cm³/mol. The van der Waals surface area contributed by atoms with E-state index in [0.29, 0.717) is 0 Å². The lowest BCUT2D eigenvalue weighted by atomic mass is 9.87. The van der Waals surface area contributed by atoms with Gasteiger partial charge in [0, 0.05) is 65.8 Å². The van der Waals surface area contributed by atoms with Gasteiger partial charge in [0.1, 0.15) is 0 Å². The standard InChI is InChI=1S/C46H36N2.C28H25N.C18H12BrN/c1-46(2,3)31-21-23-33(24-22-31)47(34-25-27-40-38-17-8-7-15-36(38)37-16-9-10-18-39(37)43(40)29-34)35-26-28-42-41-19-11-12-20-44(41)48(45(42)30-35)32-13-5-4-6-14-32;1-28(2,3)19-12-14-20(15-13-19)29-21-16-17-26-24-10-5-4-8-22(24)23-9-6-7-11-25(23)27(26)18-21;19-13-10-11-16-15-8-4-5-9-17(15)20(18(16)12-13)14-6-2-1-3-7-14/h4-30H,1-3H3;4-18,29H,1-3H3;1-12H. The summed E-state index contributed by atoms with van der Waals surface area (Å²) in [5, 5.41) is 24.2. The van der Waals surface area contributed by atoms with Crippen molar-refractivity contribution in [3.63, 3.8) is 0 Å². The van der Waals surface area contributed by atoms with E-state index in [0.717, 1.165) is 38.6 Å². The molecule has 468 valence electrons. The van der Waals surface area contributed by atoms with Crippen molar-refractivity contribution in [3.8, 4) is 11.4 Å². The van der Waals surface area contributed by atoms with Crippen LogP contribution in [-0.4, -0.2) is 9.13 Å². The molecule has 97 heavy (non-hydrogen) atoms. The van der Waals surface area contributed by atoms with Gasteiger partial charge < -0.3 is 19.4 Å². The smallest absolute Gasteiger partial charge is 0.0561 e. The Morgan fingerprint density at radius 1 is 0.247 bits per heavy atom. The van der Waals surface area contributed by atoms with Gasteiger partial charge in [-0.2, -0.15) is 0 Å². The van der Waals surface area contributed by atoms with Gasteiger partial charge in [0.15, 0.2) is 0 Å². The summed E-state index contributed by atoms with van der Waals surface area (Å²) in [7, 11) is 0. The molecule has 0 unspecified atom stereocenters. The van der Waals surface area contributed by atoms with E-state index < -0.39 is 0 Å². The van der Waals surface area contributed by atoms with Gasteiger partial charge >= 0.3 is 0 Å². The molecule has 0 atom stereocenters. The highest BCUT2D eigenvalue weighted by atomic mass is 79.9. The van der Waals surface area contributed by atoms with Gasteiger partial charge in [0.2, 0.25) is 0 Å². The predicted octanol–water partition coefficient (Wildman–Crippen LogP) is 26.7. The van der Waals surface area contributed by atoms with Crippen molar-refractivity contribution in [2.45, 2.75) is 52.4 Å². The number of rotatable bonds is 7. The molecular formula is C92H73BrN4. The molecule has 4 nitrogen and oxygen atoms in total. The van der Waals surface area contributed by atoms with E-state index in [4.69, 9.17) is 0 Å². The van der Waals surface area contributed by atoms with Gasteiger partial charge in [-0.3, -0.25) is 0 Å². The van der Waals surface area contributed by atoms with E-state index in [-0.39, 0.29) is 10.8 Å². The van der Waals surface area contributed by atoms with Crippen molar-refractivity contribution >= 4 is 153 Å². The SMILES string of the molecule is Brc1ccc2c3ccccc3n(-c3ccccc3)c2c1.CC(C)(C)c1ccc(N(c2ccc3c4ccccc4c4ccccc4c3c2)c2ccc3c4ccccc4n(-c4ccccc4)c3c2)cc1.CC(C)(C)c1ccc(Nc2ccc3c4ccccc4c4ccccc4c3c2)cc1. The van der Waals surface area contributed by atoms with Crippen molar-refractivity contribution in [1.29, 1.82) is 0 Å². The molecule has 1 N–H and O–H groups in total. The number of anilines is 5. The average Bonchev–Trinajstić information content (AvgIpc) is 1.28. The molecule has 2 heterocycles. The number of fused-ring (bicyclic) bond motifs is 18. The maximum atomic E-state index is 3.59.